The molecule has 144 valence electrons. The lowest BCUT2D eigenvalue weighted by atomic mass is 10.1. The summed E-state index contributed by atoms with van der Waals surface area (Å²) in [6.45, 7) is 0. The molecule has 0 saturated carbocycles. The molecule has 1 fully saturated rings. The number of barbiturate groups is 1. The van der Waals surface area contributed by atoms with Crippen molar-refractivity contribution in [2.75, 3.05) is 19.1 Å². The molecule has 9 heteroatoms. The van der Waals surface area contributed by atoms with E-state index in [1.54, 1.807) is 12.1 Å². The van der Waals surface area contributed by atoms with Crippen LogP contribution in [0.15, 0.2) is 46.4 Å². The van der Waals surface area contributed by atoms with E-state index in [4.69, 9.17) is 9.47 Å². The Kier molecular flexibility index (Phi) is 5.46. The number of methoxy groups -OCH3 is 2. The van der Waals surface area contributed by atoms with Crippen LogP contribution >= 0.6 is 15.9 Å². The highest BCUT2D eigenvalue weighted by atomic mass is 79.9. The number of hydrogen-bond acceptors (Lipinski definition) is 5. The summed E-state index contributed by atoms with van der Waals surface area (Å²) in [4.78, 5) is 38.1. The molecule has 0 bridgehead atoms. The predicted molar refractivity (Wildman–Crippen MR) is 103 cm³/mol. The van der Waals surface area contributed by atoms with Gasteiger partial charge in [-0.25, -0.2) is 14.1 Å². The normalized spacial score (nSPS) is 15.6. The number of nitrogens with one attached hydrogen (secondary N) is 1. The van der Waals surface area contributed by atoms with Crippen LogP contribution in [0.25, 0.3) is 6.08 Å². The van der Waals surface area contributed by atoms with E-state index in [1.807, 2.05) is 0 Å². The predicted octanol–water partition coefficient (Wildman–Crippen LogP) is 3.27. The minimum atomic E-state index is -0.919. The fourth-order valence-corrected chi connectivity index (χ4v) is 3.16. The average Bonchev–Trinajstić information content (AvgIpc) is 2.66. The summed E-state index contributed by atoms with van der Waals surface area (Å²) in [6, 6.07) is 7.13. The summed E-state index contributed by atoms with van der Waals surface area (Å²) in [5, 5.41) is 2.11. The van der Waals surface area contributed by atoms with Crippen molar-refractivity contribution in [1.29, 1.82) is 0 Å². The molecule has 1 saturated heterocycles. The third-order valence-corrected chi connectivity index (χ3v) is 4.42. The molecule has 28 heavy (non-hydrogen) atoms. The van der Waals surface area contributed by atoms with Crippen LogP contribution in [-0.2, 0) is 9.59 Å². The van der Waals surface area contributed by atoms with Crippen molar-refractivity contribution >= 4 is 45.5 Å². The van der Waals surface area contributed by atoms with Crippen LogP contribution in [0.5, 0.6) is 11.5 Å². The fraction of sp³-hybridized carbons (Fsp3) is 0.105. The molecule has 0 spiro atoms. The van der Waals surface area contributed by atoms with Gasteiger partial charge in [-0.3, -0.25) is 14.9 Å². The molecule has 2 aromatic carbocycles. The molecule has 1 N–H and O–H groups in total. The molecule has 4 amide bonds. The number of halogens is 2. The first kappa shape index (κ1) is 19.6. The van der Waals surface area contributed by atoms with Gasteiger partial charge in [0.2, 0.25) is 0 Å². The molecule has 1 heterocycles. The second kappa shape index (κ2) is 7.81. The van der Waals surface area contributed by atoms with Gasteiger partial charge in [-0.05, 0) is 42.5 Å². The van der Waals surface area contributed by atoms with Crippen LogP contribution in [0, 0.1) is 5.82 Å². The number of anilines is 1. The van der Waals surface area contributed by atoms with Crippen LogP contribution < -0.4 is 19.7 Å². The molecule has 1 aliphatic heterocycles. The summed E-state index contributed by atoms with van der Waals surface area (Å²) in [6.07, 6.45) is 1.30. The zero-order valence-corrected chi connectivity index (χ0v) is 16.4. The first-order valence-electron chi connectivity index (χ1n) is 7.94. The number of amides is 4. The molecule has 0 aromatic heterocycles. The highest BCUT2D eigenvalue weighted by Crippen LogP contribution is 2.36. The first-order chi connectivity index (χ1) is 13.3. The largest absolute Gasteiger partial charge is 0.493 e. The molecule has 0 radical (unpaired) electrons. The van der Waals surface area contributed by atoms with Crippen molar-refractivity contribution in [1.82, 2.24) is 5.32 Å². The van der Waals surface area contributed by atoms with Gasteiger partial charge in [0.15, 0.2) is 11.5 Å². The fourth-order valence-electron chi connectivity index (χ4n) is 2.70. The monoisotopic (exact) mass is 448 g/mol. The number of benzene rings is 2. The third-order valence-electron chi connectivity index (χ3n) is 3.96. The van der Waals surface area contributed by atoms with Crippen LogP contribution in [0.4, 0.5) is 14.9 Å². The lowest BCUT2D eigenvalue weighted by molar-refractivity contribution is -0.122. The number of carbonyl (C=O) groups is 3. The zero-order valence-electron chi connectivity index (χ0n) is 14.8. The SMILES string of the molecule is COc1cc(Br)cc(/C=C2\C(=O)NC(=O)N(c3ccc(F)cc3)C2=O)c1OC. The Labute approximate surface area is 167 Å². The lowest BCUT2D eigenvalue weighted by Gasteiger charge is -2.26. The summed E-state index contributed by atoms with van der Waals surface area (Å²) in [7, 11) is 2.87. The van der Waals surface area contributed by atoms with E-state index in [-0.39, 0.29) is 11.3 Å². The van der Waals surface area contributed by atoms with Gasteiger partial charge in [-0.1, -0.05) is 15.9 Å². The smallest absolute Gasteiger partial charge is 0.335 e. The van der Waals surface area contributed by atoms with Crippen LogP contribution in [0.1, 0.15) is 5.56 Å². The standard InChI is InChI=1S/C19H14BrFN2O5/c1-27-15-9-11(20)7-10(16(15)28-2)8-14-17(24)22-19(26)23(18(14)25)13-5-3-12(21)4-6-13/h3-9H,1-2H3,(H,22,24,26)/b14-8+. The third kappa shape index (κ3) is 3.61. The lowest BCUT2D eigenvalue weighted by Crippen LogP contribution is -2.54. The molecule has 7 nitrogen and oxygen atoms in total. The van der Waals surface area contributed by atoms with Crippen molar-refractivity contribution in [3.05, 3.63) is 57.8 Å². The molecule has 2 aromatic rings. The summed E-state index contributed by atoms with van der Waals surface area (Å²) in [5.74, 6) is -1.52. The maximum absolute atomic E-state index is 13.2. The molecule has 0 unspecified atom stereocenters. The van der Waals surface area contributed by atoms with Gasteiger partial charge in [0, 0.05) is 10.0 Å². The van der Waals surface area contributed by atoms with Crippen molar-refractivity contribution in [2.24, 2.45) is 0 Å². The highest BCUT2D eigenvalue weighted by Gasteiger charge is 2.37. The number of hydrogen-bond donors (Lipinski definition) is 1. The van der Waals surface area contributed by atoms with E-state index in [0.717, 1.165) is 17.0 Å². The summed E-state index contributed by atoms with van der Waals surface area (Å²) < 4.78 is 24.4. The van der Waals surface area contributed by atoms with Gasteiger partial charge in [0.1, 0.15) is 11.4 Å². The Hall–Kier alpha value is -3.20. The number of ether oxygens (including phenoxy) is 2. The van der Waals surface area contributed by atoms with Crippen molar-refractivity contribution in [2.45, 2.75) is 0 Å². The maximum Gasteiger partial charge on any atom is 0.335 e. The van der Waals surface area contributed by atoms with Gasteiger partial charge >= 0.3 is 6.03 Å². The van der Waals surface area contributed by atoms with Crippen molar-refractivity contribution < 1.29 is 28.2 Å². The van der Waals surface area contributed by atoms with E-state index in [1.165, 1.54) is 32.4 Å². The van der Waals surface area contributed by atoms with Crippen molar-refractivity contribution in [3.8, 4) is 11.5 Å². The van der Waals surface area contributed by atoms with Gasteiger partial charge in [-0.2, -0.15) is 0 Å². The van der Waals surface area contributed by atoms with Gasteiger partial charge in [0.25, 0.3) is 11.8 Å². The van der Waals surface area contributed by atoms with Gasteiger partial charge in [-0.15, -0.1) is 0 Å². The number of urea groups is 1. The summed E-state index contributed by atoms with van der Waals surface area (Å²) in [5.41, 5.74) is 0.226. The van der Waals surface area contributed by atoms with Crippen molar-refractivity contribution in [3.63, 3.8) is 0 Å². The average molecular weight is 449 g/mol. The Morgan fingerprint density at radius 3 is 2.36 bits per heavy atom. The maximum atomic E-state index is 13.2. The van der Waals surface area contributed by atoms with Gasteiger partial charge < -0.3 is 9.47 Å². The number of rotatable bonds is 4. The second-order valence-corrected chi connectivity index (χ2v) is 6.58. The molecule has 1 aliphatic rings. The molecule has 3 rings (SSSR count). The molecular formula is C19H14BrFN2O5. The highest BCUT2D eigenvalue weighted by molar-refractivity contribution is 9.10. The minimum absolute atomic E-state index is 0.126. The number of imide groups is 2. The van der Waals surface area contributed by atoms with E-state index in [0.29, 0.717) is 21.5 Å². The van der Waals surface area contributed by atoms with E-state index < -0.39 is 23.7 Å². The minimum Gasteiger partial charge on any atom is -0.493 e. The Morgan fingerprint density at radius 2 is 1.75 bits per heavy atom. The topological polar surface area (TPSA) is 84.9 Å². The number of nitrogens with zero attached hydrogens (tertiary/aromatic N) is 1. The molecule has 0 atom stereocenters. The second-order valence-electron chi connectivity index (χ2n) is 5.66. The van der Waals surface area contributed by atoms with E-state index >= 15 is 0 Å². The summed E-state index contributed by atoms with van der Waals surface area (Å²) >= 11 is 3.33. The zero-order chi connectivity index (χ0) is 20.4. The molecule has 0 aliphatic carbocycles. The quantitative estimate of drug-likeness (QED) is 0.572. The Balaban J connectivity index is 2.09. The Morgan fingerprint density at radius 1 is 1.07 bits per heavy atom. The van der Waals surface area contributed by atoms with E-state index in [9.17, 15) is 18.8 Å². The number of carbonyl (C=O) groups excluding carboxylic acids is 3. The van der Waals surface area contributed by atoms with E-state index in [2.05, 4.69) is 21.2 Å². The van der Waals surface area contributed by atoms with Crippen LogP contribution in [0.2, 0.25) is 0 Å². The van der Waals surface area contributed by atoms with Crippen LogP contribution in [-0.4, -0.2) is 32.1 Å². The molecular weight excluding hydrogens is 435 g/mol. The Bertz CT molecular complexity index is 1000. The first-order valence-corrected chi connectivity index (χ1v) is 8.73. The van der Waals surface area contributed by atoms with Crippen LogP contribution in [0.3, 0.4) is 0 Å². The van der Waals surface area contributed by atoms with Gasteiger partial charge in [0.05, 0.1) is 19.9 Å².